The molecule has 0 saturated heterocycles. The van der Waals surface area contributed by atoms with E-state index in [0.717, 1.165) is 4.57 Å². The van der Waals surface area contributed by atoms with Crippen molar-refractivity contribution in [1.82, 2.24) is 29.4 Å². The predicted molar refractivity (Wildman–Crippen MR) is 108 cm³/mol. The van der Waals surface area contributed by atoms with E-state index in [1.54, 1.807) is 36.6 Å². The Morgan fingerprint density at radius 2 is 2.07 bits per heavy atom. The van der Waals surface area contributed by atoms with Crippen LogP contribution in [-0.2, 0) is 18.3 Å². The summed E-state index contributed by atoms with van der Waals surface area (Å²) in [6, 6.07) is 1.66. The summed E-state index contributed by atoms with van der Waals surface area (Å²) in [5.41, 5.74) is -1.24. The topological polar surface area (TPSA) is 134 Å². The van der Waals surface area contributed by atoms with E-state index in [1.165, 1.54) is 24.7 Å². The molecule has 0 fully saturated rings. The van der Waals surface area contributed by atoms with Crippen molar-refractivity contribution in [2.45, 2.75) is 32.9 Å². The van der Waals surface area contributed by atoms with Crippen LogP contribution in [0.5, 0.6) is 0 Å². The third-order valence-electron chi connectivity index (χ3n) is 4.14. The minimum Gasteiger partial charge on any atom is -0.444 e. The van der Waals surface area contributed by atoms with Crippen LogP contribution in [0.15, 0.2) is 31.9 Å². The van der Waals surface area contributed by atoms with E-state index in [1.807, 2.05) is 0 Å². The molecular formula is C18H18N6O5S. The number of hydrogen-bond donors (Lipinski definition) is 1. The van der Waals surface area contributed by atoms with E-state index >= 15 is 0 Å². The summed E-state index contributed by atoms with van der Waals surface area (Å²) in [6.45, 7) is 5.19. The average Bonchev–Trinajstić information content (AvgIpc) is 3.39. The highest BCUT2D eigenvalue weighted by atomic mass is 32.1. The molecule has 0 aliphatic carbocycles. The molecule has 0 atom stereocenters. The number of ether oxygens (including phenoxy) is 1. The van der Waals surface area contributed by atoms with Gasteiger partial charge in [0, 0.05) is 7.05 Å². The quantitative estimate of drug-likeness (QED) is 0.519. The van der Waals surface area contributed by atoms with Gasteiger partial charge in [0.25, 0.3) is 11.1 Å². The number of nitrogens with one attached hydrogen (secondary N) is 1. The van der Waals surface area contributed by atoms with Crippen molar-refractivity contribution in [3.05, 3.63) is 44.4 Å². The van der Waals surface area contributed by atoms with Crippen LogP contribution >= 0.6 is 11.3 Å². The van der Waals surface area contributed by atoms with Crippen molar-refractivity contribution in [2.24, 2.45) is 7.05 Å². The molecule has 0 saturated carbocycles. The molecule has 156 valence electrons. The molecule has 0 bridgehead atoms. The molecule has 4 aromatic heterocycles. The zero-order valence-electron chi connectivity index (χ0n) is 16.6. The lowest BCUT2D eigenvalue weighted by Crippen LogP contribution is -2.32. The van der Waals surface area contributed by atoms with Gasteiger partial charge >= 0.3 is 6.09 Å². The normalized spacial score (nSPS) is 11.9. The average molecular weight is 430 g/mol. The van der Waals surface area contributed by atoms with Crippen molar-refractivity contribution in [1.29, 1.82) is 0 Å². The van der Waals surface area contributed by atoms with Gasteiger partial charge in [-0.15, -0.1) is 11.3 Å². The van der Waals surface area contributed by atoms with Gasteiger partial charge in [-0.1, -0.05) is 5.16 Å². The summed E-state index contributed by atoms with van der Waals surface area (Å²) < 4.78 is 12.9. The molecule has 1 amide bonds. The highest BCUT2D eigenvalue weighted by Gasteiger charge is 2.21. The molecule has 4 aromatic rings. The molecule has 0 unspecified atom stereocenters. The van der Waals surface area contributed by atoms with Crippen molar-refractivity contribution < 1.29 is 14.1 Å². The highest BCUT2D eigenvalue weighted by molar-refractivity contribution is 7.16. The molecule has 11 nitrogen and oxygen atoms in total. The summed E-state index contributed by atoms with van der Waals surface area (Å²) in [6.07, 6.45) is 0.818. The number of carbonyl (C=O) groups is 1. The maximum Gasteiger partial charge on any atom is 0.408 e. The molecular weight excluding hydrogens is 412 g/mol. The van der Waals surface area contributed by atoms with Gasteiger partial charge in [0.05, 0.1) is 5.39 Å². The second kappa shape index (κ2) is 7.06. The fourth-order valence-corrected chi connectivity index (χ4v) is 3.70. The first-order valence-corrected chi connectivity index (χ1v) is 9.81. The third kappa shape index (κ3) is 3.45. The molecule has 4 rings (SSSR count). The molecule has 0 aromatic carbocycles. The van der Waals surface area contributed by atoms with Crippen molar-refractivity contribution in [2.75, 3.05) is 0 Å². The van der Waals surface area contributed by atoms with Crippen molar-refractivity contribution in [3.63, 3.8) is 0 Å². The SMILES string of the molecule is Cn1c(=O)c2ccsc2n2cnc(-c3noc(CNC(=O)OC(C)(C)C)n3)c2c1=O. The Labute approximate surface area is 172 Å². The van der Waals surface area contributed by atoms with Gasteiger partial charge in [0.2, 0.25) is 11.7 Å². The summed E-state index contributed by atoms with van der Waals surface area (Å²) in [5.74, 6) is 0.180. The van der Waals surface area contributed by atoms with E-state index in [4.69, 9.17) is 9.26 Å². The summed E-state index contributed by atoms with van der Waals surface area (Å²) in [7, 11) is 1.41. The van der Waals surface area contributed by atoms with Gasteiger partial charge in [0.15, 0.2) is 0 Å². The Kier molecular flexibility index (Phi) is 4.65. The van der Waals surface area contributed by atoms with E-state index in [9.17, 15) is 14.4 Å². The number of thiophene rings is 1. The Morgan fingerprint density at radius 3 is 2.80 bits per heavy atom. The van der Waals surface area contributed by atoms with Crippen molar-refractivity contribution >= 4 is 33.2 Å². The smallest absolute Gasteiger partial charge is 0.408 e. The molecule has 1 N–H and O–H groups in total. The maximum absolute atomic E-state index is 12.9. The minimum atomic E-state index is -0.636. The van der Waals surface area contributed by atoms with Gasteiger partial charge in [-0.3, -0.25) is 18.6 Å². The van der Waals surface area contributed by atoms with Gasteiger partial charge in [0.1, 0.15) is 34.5 Å². The van der Waals surface area contributed by atoms with E-state index in [-0.39, 0.29) is 29.5 Å². The molecule has 0 radical (unpaired) electrons. The Morgan fingerprint density at radius 1 is 1.30 bits per heavy atom. The first kappa shape index (κ1) is 19.8. The van der Waals surface area contributed by atoms with Crippen LogP contribution < -0.4 is 16.4 Å². The first-order chi connectivity index (χ1) is 14.2. The first-order valence-electron chi connectivity index (χ1n) is 8.93. The maximum atomic E-state index is 12.9. The van der Waals surface area contributed by atoms with Gasteiger partial charge in [-0.25, -0.2) is 9.78 Å². The van der Waals surface area contributed by atoms with E-state index in [2.05, 4.69) is 20.4 Å². The molecule has 0 aliphatic heterocycles. The summed E-state index contributed by atoms with van der Waals surface area (Å²) in [5, 5.41) is 8.56. The van der Waals surface area contributed by atoms with Gasteiger partial charge in [-0.05, 0) is 32.2 Å². The van der Waals surface area contributed by atoms with Crippen LogP contribution in [0.4, 0.5) is 4.79 Å². The van der Waals surface area contributed by atoms with Gasteiger partial charge in [-0.2, -0.15) is 4.98 Å². The van der Waals surface area contributed by atoms with Crippen molar-refractivity contribution in [3.8, 4) is 11.5 Å². The number of amides is 1. The summed E-state index contributed by atoms with van der Waals surface area (Å²) in [4.78, 5) is 46.3. The fourth-order valence-electron chi connectivity index (χ4n) is 2.84. The number of nitrogens with zero attached hydrogens (tertiary/aromatic N) is 5. The number of imidazole rings is 1. The van der Waals surface area contributed by atoms with Crippen LogP contribution in [-0.4, -0.2) is 35.8 Å². The molecule has 0 aliphatic rings. The molecule has 4 heterocycles. The fraction of sp³-hybridized carbons (Fsp3) is 0.333. The zero-order chi connectivity index (χ0) is 21.6. The lowest BCUT2D eigenvalue weighted by Gasteiger charge is -2.19. The Bertz CT molecular complexity index is 1390. The van der Waals surface area contributed by atoms with Crippen LogP contribution in [0.25, 0.3) is 27.3 Å². The second-order valence-electron chi connectivity index (χ2n) is 7.49. The number of fused-ring (bicyclic) bond motifs is 3. The van der Waals surface area contributed by atoms with Crippen LogP contribution in [0.1, 0.15) is 26.7 Å². The predicted octanol–water partition coefficient (Wildman–Crippen LogP) is 1.68. The Hall–Kier alpha value is -3.54. The van der Waals surface area contributed by atoms with E-state index in [0.29, 0.717) is 10.2 Å². The van der Waals surface area contributed by atoms with Crippen LogP contribution in [0, 0.1) is 0 Å². The summed E-state index contributed by atoms with van der Waals surface area (Å²) >= 11 is 1.32. The number of hydrogen-bond acceptors (Lipinski definition) is 9. The Balaban J connectivity index is 1.73. The highest BCUT2D eigenvalue weighted by Crippen LogP contribution is 2.23. The molecule has 0 spiro atoms. The van der Waals surface area contributed by atoms with Gasteiger partial charge < -0.3 is 14.6 Å². The lowest BCUT2D eigenvalue weighted by atomic mass is 10.2. The number of carbonyl (C=O) groups excluding carboxylic acids is 1. The number of aromatic nitrogens is 5. The third-order valence-corrected chi connectivity index (χ3v) is 5.05. The monoisotopic (exact) mass is 430 g/mol. The minimum absolute atomic E-state index is 0.0562. The molecule has 12 heteroatoms. The van der Waals surface area contributed by atoms with Crippen LogP contribution in [0.2, 0.25) is 0 Å². The standard InChI is InChI=1S/C18H18N6O5S/c1-18(2,3)28-17(27)19-7-10-21-13(22-29-10)11-12-15(26)23(4)14(25)9-5-6-30-16(9)24(12)8-20-11/h5-6,8H,7H2,1-4H3,(H,19,27). The molecule has 30 heavy (non-hydrogen) atoms. The largest absolute Gasteiger partial charge is 0.444 e. The zero-order valence-corrected chi connectivity index (χ0v) is 17.4. The second-order valence-corrected chi connectivity index (χ2v) is 8.38. The number of rotatable bonds is 3. The van der Waals surface area contributed by atoms with Crippen LogP contribution in [0.3, 0.4) is 0 Å². The number of alkyl carbamates (subject to hydrolysis) is 1. The van der Waals surface area contributed by atoms with E-state index < -0.39 is 22.8 Å². The lowest BCUT2D eigenvalue weighted by molar-refractivity contribution is 0.0518.